The summed E-state index contributed by atoms with van der Waals surface area (Å²) in [5.74, 6) is 0.627. The first-order valence-corrected chi connectivity index (χ1v) is 6.97. The highest BCUT2D eigenvalue weighted by Crippen LogP contribution is 2.29. The number of aromatic nitrogens is 2. The zero-order valence-electron chi connectivity index (χ0n) is 11.5. The summed E-state index contributed by atoms with van der Waals surface area (Å²) >= 11 is 0. The highest BCUT2D eigenvalue weighted by Gasteiger charge is 2.28. The van der Waals surface area contributed by atoms with Crippen LogP contribution in [0.25, 0.3) is 0 Å². The Kier molecular flexibility index (Phi) is 4.78. The molecule has 1 fully saturated rings. The van der Waals surface area contributed by atoms with Gasteiger partial charge in [0.05, 0.1) is 11.8 Å². The normalized spacial score (nSPS) is 20.8. The van der Waals surface area contributed by atoms with Gasteiger partial charge in [0.15, 0.2) is 0 Å². The Morgan fingerprint density at radius 2 is 2.17 bits per heavy atom. The summed E-state index contributed by atoms with van der Waals surface area (Å²) in [5, 5.41) is 4.39. The van der Waals surface area contributed by atoms with Crippen LogP contribution in [0.1, 0.15) is 37.8 Å². The third-order valence-electron chi connectivity index (χ3n) is 4.02. The molecule has 1 heterocycles. The first-order valence-electron chi connectivity index (χ1n) is 6.97. The maximum atomic E-state index is 6.33. The van der Waals surface area contributed by atoms with Crippen LogP contribution in [0.5, 0.6) is 0 Å². The van der Waals surface area contributed by atoms with Gasteiger partial charge in [-0.15, -0.1) is 0 Å². The largest absolute Gasteiger partial charge is 0.380 e. The zero-order chi connectivity index (χ0) is 13.0. The SMILES string of the molecule is COC(C(N)Cc1ccn(C)n1)C1CCCCC1. The molecule has 0 aliphatic heterocycles. The third kappa shape index (κ3) is 3.33. The van der Waals surface area contributed by atoms with E-state index in [1.54, 1.807) is 7.11 Å². The topological polar surface area (TPSA) is 53.1 Å². The number of ether oxygens (including phenoxy) is 1. The molecule has 4 nitrogen and oxygen atoms in total. The molecule has 2 N–H and O–H groups in total. The summed E-state index contributed by atoms with van der Waals surface area (Å²) in [6, 6.07) is 2.08. The molecular weight excluding hydrogens is 226 g/mol. The van der Waals surface area contributed by atoms with Crippen molar-refractivity contribution in [1.82, 2.24) is 9.78 Å². The predicted octanol–water partition coefficient (Wildman–Crippen LogP) is 1.89. The lowest BCUT2D eigenvalue weighted by atomic mass is 9.82. The van der Waals surface area contributed by atoms with E-state index in [2.05, 4.69) is 5.10 Å². The van der Waals surface area contributed by atoms with E-state index in [0.717, 1.165) is 12.1 Å². The monoisotopic (exact) mass is 251 g/mol. The molecule has 1 aliphatic carbocycles. The van der Waals surface area contributed by atoms with E-state index < -0.39 is 0 Å². The molecule has 2 rings (SSSR count). The van der Waals surface area contributed by atoms with Crippen LogP contribution < -0.4 is 5.73 Å². The smallest absolute Gasteiger partial charge is 0.0754 e. The number of rotatable bonds is 5. The van der Waals surface area contributed by atoms with Crippen molar-refractivity contribution in [1.29, 1.82) is 0 Å². The van der Waals surface area contributed by atoms with Crippen LogP contribution >= 0.6 is 0 Å². The Bertz CT molecular complexity index is 358. The van der Waals surface area contributed by atoms with Gasteiger partial charge in [-0.25, -0.2) is 0 Å². The molecule has 0 amide bonds. The minimum atomic E-state index is 0.0491. The predicted molar refractivity (Wildman–Crippen MR) is 72.3 cm³/mol. The molecule has 1 saturated carbocycles. The Morgan fingerprint density at radius 1 is 1.44 bits per heavy atom. The van der Waals surface area contributed by atoms with Gasteiger partial charge in [0.25, 0.3) is 0 Å². The maximum Gasteiger partial charge on any atom is 0.0754 e. The fourth-order valence-electron chi connectivity index (χ4n) is 3.11. The van der Waals surface area contributed by atoms with E-state index in [-0.39, 0.29) is 12.1 Å². The molecule has 102 valence electrons. The molecular formula is C14H25N3O. The summed E-state index contributed by atoms with van der Waals surface area (Å²) in [6.45, 7) is 0. The molecule has 4 heteroatoms. The Morgan fingerprint density at radius 3 is 2.72 bits per heavy atom. The standard InChI is InChI=1S/C14H25N3O/c1-17-9-8-12(16-17)10-13(15)14(18-2)11-6-4-3-5-7-11/h8-9,11,13-14H,3-7,10,15H2,1-2H3. The number of aryl methyl sites for hydroxylation is 1. The Hall–Kier alpha value is -0.870. The highest BCUT2D eigenvalue weighted by atomic mass is 16.5. The number of hydrogen-bond donors (Lipinski definition) is 1. The van der Waals surface area contributed by atoms with Crippen LogP contribution in [0.2, 0.25) is 0 Å². The number of hydrogen-bond acceptors (Lipinski definition) is 3. The highest BCUT2D eigenvalue weighted by molar-refractivity contribution is 5.02. The van der Waals surface area contributed by atoms with E-state index in [1.807, 2.05) is 24.0 Å². The second-order valence-electron chi connectivity index (χ2n) is 5.45. The maximum absolute atomic E-state index is 6.33. The first kappa shape index (κ1) is 13.6. The fourth-order valence-corrected chi connectivity index (χ4v) is 3.11. The third-order valence-corrected chi connectivity index (χ3v) is 4.02. The number of nitrogens with zero attached hydrogens (tertiary/aromatic N) is 2. The summed E-state index contributed by atoms with van der Waals surface area (Å²) in [5.41, 5.74) is 7.38. The summed E-state index contributed by atoms with van der Waals surface area (Å²) in [7, 11) is 3.72. The molecule has 1 aliphatic rings. The van der Waals surface area contributed by atoms with Crippen molar-refractivity contribution < 1.29 is 4.74 Å². The zero-order valence-corrected chi connectivity index (χ0v) is 11.5. The van der Waals surface area contributed by atoms with Crippen molar-refractivity contribution in [2.45, 2.75) is 50.7 Å². The minimum Gasteiger partial charge on any atom is -0.380 e. The molecule has 0 spiro atoms. The Labute approximate surface area is 110 Å². The second-order valence-corrected chi connectivity index (χ2v) is 5.45. The van der Waals surface area contributed by atoms with Crippen LogP contribution in [0.15, 0.2) is 12.3 Å². The van der Waals surface area contributed by atoms with E-state index in [9.17, 15) is 0 Å². The molecule has 2 atom stereocenters. The fraction of sp³-hybridized carbons (Fsp3) is 0.786. The van der Waals surface area contributed by atoms with Crippen molar-refractivity contribution in [2.75, 3.05) is 7.11 Å². The molecule has 0 bridgehead atoms. The van der Waals surface area contributed by atoms with Gasteiger partial charge in [-0.3, -0.25) is 4.68 Å². The van der Waals surface area contributed by atoms with Gasteiger partial charge in [0.1, 0.15) is 0 Å². The van der Waals surface area contributed by atoms with E-state index in [0.29, 0.717) is 5.92 Å². The van der Waals surface area contributed by atoms with Crippen molar-refractivity contribution in [2.24, 2.45) is 18.7 Å². The van der Waals surface area contributed by atoms with Gasteiger partial charge < -0.3 is 10.5 Å². The van der Waals surface area contributed by atoms with Gasteiger partial charge in [-0.1, -0.05) is 19.3 Å². The number of nitrogens with two attached hydrogens (primary N) is 1. The van der Waals surface area contributed by atoms with Crippen LogP contribution in [-0.2, 0) is 18.2 Å². The molecule has 0 aromatic carbocycles. The Balaban J connectivity index is 1.93. The van der Waals surface area contributed by atoms with Crippen molar-refractivity contribution in [3.8, 4) is 0 Å². The van der Waals surface area contributed by atoms with Gasteiger partial charge >= 0.3 is 0 Å². The van der Waals surface area contributed by atoms with Gasteiger partial charge in [-0.05, 0) is 24.8 Å². The first-order chi connectivity index (χ1) is 8.70. The lowest BCUT2D eigenvalue weighted by Gasteiger charge is -2.32. The number of methoxy groups -OCH3 is 1. The second kappa shape index (κ2) is 6.34. The van der Waals surface area contributed by atoms with Crippen LogP contribution in [0.4, 0.5) is 0 Å². The quantitative estimate of drug-likeness (QED) is 0.869. The molecule has 1 aromatic rings. The molecule has 2 unspecified atom stereocenters. The van der Waals surface area contributed by atoms with Crippen molar-refractivity contribution in [3.05, 3.63) is 18.0 Å². The molecule has 0 saturated heterocycles. The van der Waals surface area contributed by atoms with E-state index in [1.165, 1.54) is 32.1 Å². The van der Waals surface area contributed by atoms with Gasteiger partial charge in [0, 0.05) is 32.8 Å². The molecule has 0 radical (unpaired) electrons. The average molecular weight is 251 g/mol. The van der Waals surface area contributed by atoms with Gasteiger partial charge in [-0.2, -0.15) is 5.10 Å². The van der Waals surface area contributed by atoms with E-state index >= 15 is 0 Å². The lowest BCUT2D eigenvalue weighted by molar-refractivity contribution is 0.0176. The van der Waals surface area contributed by atoms with Crippen LogP contribution in [0.3, 0.4) is 0 Å². The lowest BCUT2D eigenvalue weighted by Crippen LogP contribution is -2.43. The van der Waals surface area contributed by atoms with Crippen LogP contribution in [-0.4, -0.2) is 29.0 Å². The van der Waals surface area contributed by atoms with Gasteiger partial charge in [0.2, 0.25) is 0 Å². The average Bonchev–Trinajstić information content (AvgIpc) is 2.77. The summed E-state index contributed by atoms with van der Waals surface area (Å²) in [4.78, 5) is 0. The molecule has 18 heavy (non-hydrogen) atoms. The summed E-state index contributed by atoms with van der Waals surface area (Å²) < 4.78 is 7.49. The van der Waals surface area contributed by atoms with E-state index in [4.69, 9.17) is 10.5 Å². The van der Waals surface area contributed by atoms with Crippen molar-refractivity contribution in [3.63, 3.8) is 0 Å². The van der Waals surface area contributed by atoms with Crippen LogP contribution in [0, 0.1) is 5.92 Å². The van der Waals surface area contributed by atoms with Crippen molar-refractivity contribution >= 4 is 0 Å². The minimum absolute atomic E-state index is 0.0491. The summed E-state index contributed by atoms with van der Waals surface area (Å²) in [6.07, 6.45) is 9.46. The molecule has 1 aromatic heterocycles.